The molecule has 0 saturated carbocycles. The minimum Gasteiger partial charge on any atom is -0.459 e. The molecule has 3 unspecified atom stereocenters. The third-order valence-electron chi connectivity index (χ3n) is 3.72. The summed E-state index contributed by atoms with van der Waals surface area (Å²) in [6, 6.07) is 6.21. The van der Waals surface area contributed by atoms with Crippen molar-refractivity contribution >= 4 is 23.5 Å². The van der Waals surface area contributed by atoms with Gasteiger partial charge in [0.2, 0.25) is 5.95 Å². The summed E-state index contributed by atoms with van der Waals surface area (Å²) in [4.78, 5) is 31.0. The Balaban J connectivity index is 1.61. The van der Waals surface area contributed by atoms with Crippen LogP contribution in [0.1, 0.15) is 23.0 Å². The SMILES string of the molecule is Nc1ncn(C2CC(O)C(COC(=O)c3ccc(Cl)cc3)O2)c(=O)n1. The van der Waals surface area contributed by atoms with Crippen molar-refractivity contribution in [1.29, 1.82) is 0 Å². The molecule has 0 spiro atoms. The van der Waals surface area contributed by atoms with Gasteiger partial charge in [-0.15, -0.1) is 0 Å². The van der Waals surface area contributed by atoms with Crippen molar-refractivity contribution < 1.29 is 19.4 Å². The van der Waals surface area contributed by atoms with Gasteiger partial charge in [0.05, 0.1) is 11.7 Å². The van der Waals surface area contributed by atoms with E-state index in [1.807, 2.05) is 0 Å². The zero-order valence-electron chi connectivity index (χ0n) is 12.9. The number of hydrogen-bond donors (Lipinski definition) is 2. The molecule has 0 amide bonds. The third kappa shape index (κ3) is 3.95. The first-order chi connectivity index (χ1) is 11.9. The van der Waals surface area contributed by atoms with Crippen LogP contribution in [0.4, 0.5) is 5.95 Å². The summed E-state index contributed by atoms with van der Waals surface area (Å²) in [5.74, 6) is -0.711. The predicted octanol–water partition coefficient (Wildman–Crippen LogP) is 0.379. The number of rotatable bonds is 4. The van der Waals surface area contributed by atoms with Crippen LogP contribution < -0.4 is 11.4 Å². The van der Waals surface area contributed by atoms with Gasteiger partial charge >= 0.3 is 11.7 Å². The highest BCUT2D eigenvalue weighted by molar-refractivity contribution is 6.30. The molecule has 25 heavy (non-hydrogen) atoms. The standard InChI is InChI=1S/C15H15ClN4O5/c16-9-3-1-8(2-4-9)13(22)24-6-11-10(21)5-12(25-11)20-7-18-14(17)19-15(20)23/h1-4,7,10-12,21H,5-6H2,(H2,17,19,23). The largest absolute Gasteiger partial charge is 0.459 e. The molecular formula is C15H15ClN4O5. The van der Waals surface area contributed by atoms with Crippen LogP contribution in [0.3, 0.4) is 0 Å². The summed E-state index contributed by atoms with van der Waals surface area (Å²) in [6.07, 6.45) is -1.11. The zero-order valence-corrected chi connectivity index (χ0v) is 13.7. The van der Waals surface area contributed by atoms with E-state index in [4.69, 9.17) is 26.8 Å². The van der Waals surface area contributed by atoms with E-state index in [-0.39, 0.29) is 19.0 Å². The number of carbonyl (C=O) groups is 1. The topological polar surface area (TPSA) is 130 Å². The minimum atomic E-state index is -0.910. The molecule has 1 aromatic carbocycles. The second-order valence-electron chi connectivity index (χ2n) is 5.44. The van der Waals surface area contributed by atoms with Crippen LogP contribution in [0.2, 0.25) is 5.02 Å². The Morgan fingerprint density at radius 3 is 2.84 bits per heavy atom. The van der Waals surface area contributed by atoms with Gasteiger partial charge in [-0.1, -0.05) is 11.6 Å². The summed E-state index contributed by atoms with van der Waals surface area (Å²) < 4.78 is 11.9. The van der Waals surface area contributed by atoms with E-state index in [0.29, 0.717) is 10.6 Å². The molecule has 0 bridgehead atoms. The summed E-state index contributed by atoms with van der Waals surface area (Å²) in [5.41, 5.74) is 5.03. The van der Waals surface area contributed by atoms with Gasteiger partial charge in [0.25, 0.3) is 0 Å². The second-order valence-corrected chi connectivity index (χ2v) is 5.88. The van der Waals surface area contributed by atoms with Gasteiger partial charge in [0, 0.05) is 11.4 Å². The Labute approximate surface area is 147 Å². The van der Waals surface area contributed by atoms with Gasteiger partial charge < -0.3 is 20.3 Å². The van der Waals surface area contributed by atoms with Crippen LogP contribution in [-0.4, -0.2) is 44.4 Å². The molecule has 3 atom stereocenters. The van der Waals surface area contributed by atoms with Crippen LogP contribution in [-0.2, 0) is 9.47 Å². The van der Waals surface area contributed by atoms with Gasteiger partial charge in [-0.25, -0.2) is 14.6 Å². The van der Waals surface area contributed by atoms with Crippen molar-refractivity contribution in [3.8, 4) is 0 Å². The lowest BCUT2D eigenvalue weighted by Gasteiger charge is -2.15. The number of anilines is 1. The number of aliphatic hydroxyl groups excluding tert-OH is 1. The molecule has 1 saturated heterocycles. The molecular weight excluding hydrogens is 352 g/mol. The fourth-order valence-electron chi connectivity index (χ4n) is 2.42. The Hall–Kier alpha value is -2.49. The lowest BCUT2D eigenvalue weighted by Crippen LogP contribution is -2.29. The molecule has 2 aromatic rings. The Morgan fingerprint density at radius 1 is 1.44 bits per heavy atom. The molecule has 0 aliphatic carbocycles. The predicted molar refractivity (Wildman–Crippen MR) is 87.0 cm³/mol. The molecule has 9 nitrogen and oxygen atoms in total. The summed E-state index contributed by atoms with van der Waals surface area (Å²) in [6.45, 7) is -0.163. The monoisotopic (exact) mass is 366 g/mol. The number of nitrogen functional groups attached to an aromatic ring is 1. The second kappa shape index (κ2) is 7.18. The molecule has 2 heterocycles. The quantitative estimate of drug-likeness (QED) is 0.743. The first-order valence-corrected chi connectivity index (χ1v) is 7.78. The van der Waals surface area contributed by atoms with Crippen molar-refractivity contribution in [1.82, 2.24) is 14.5 Å². The molecule has 132 valence electrons. The molecule has 0 radical (unpaired) electrons. The Kier molecular flexibility index (Phi) is 4.98. The van der Waals surface area contributed by atoms with E-state index < -0.39 is 30.1 Å². The number of hydrogen-bond acceptors (Lipinski definition) is 8. The number of esters is 1. The van der Waals surface area contributed by atoms with Crippen LogP contribution in [0.15, 0.2) is 35.4 Å². The van der Waals surface area contributed by atoms with Gasteiger partial charge in [-0.05, 0) is 24.3 Å². The van der Waals surface area contributed by atoms with Gasteiger partial charge in [-0.2, -0.15) is 4.98 Å². The van der Waals surface area contributed by atoms with Crippen LogP contribution in [0.5, 0.6) is 0 Å². The highest BCUT2D eigenvalue weighted by Gasteiger charge is 2.36. The molecule has 3 N–H and O–H groups in total. The number of ether oxygens (including phenoxy) is 2. The first kappa shape index (κ1) is 17.3. The third-order valence-corrected chi connectivity index (χ3v) is 3.97. The number of carbonyl (C=O) groups excluding carboxylic acids is 1. The molecule has 1 aliphatic heterocycles. The Morgan fingerprint density at radius 2 is 2.16 bits per heavy atom. The number of benzene rings is 1. The Bertz CT molecular complexity index is 825. The number of nitrogens with two attached hydrogens (primary N) is 1. The van der Waals surface area contributed by atoms with Crippen molar-refractivity contribution in [2.24, 2.45) is 0 Å². The van der Waals surface area contributed by atoms with E-state index in [2.05, 4.69) is 9.97 Å². The van der Waals surface area contributed by atoms with E-state index in [1.165, 1.54) is 18.5 Å². The van der Waals surface area contributed by atoms with Crippen LogP contribution in [0, 0.1) is 0 Å². The maximum atomic E-state index is 12.0. The molecule has 3 rings (SSSR count). The highest BCUT2D eigenvalue weighted by Crippen LogP contribution is 2.27. The van der Waals surface area contributed by atoms with E-state index in [9.17, 15) is 14.7 Å². The lowest BCUT2D eigenvalue weighted by atomic mass is 10.2. The number of nitrogens with zero attached hydrogens (tertiary/aromatic N) is 3. The number of aromatic nitrogens is 3. The van der Waals surface area contributed by atoms with Gasteiger partial charge in [0.15, 0.2) is 0 Å². The average molecular weight is 367 g/mol. The smallest absolute Gasteiger partial charge is 0.354 e. The molecule has 1 fully saturated rings. The fraction of sp³-hybridized carbons (Fsp3) is 0.333. The molecule has 1 aliphatic rings. The maximum absolute atomic E-state index is 12.0. The molecule has 1 aromatic heterocycles. The first-order valence-electron chi connectivity index (χ1n) is 7.41. The van der Waals surface area contributed by atoms with E-state index >= 15 is 0 Å². The van der Waals surface area contributed by atoms with E-state index in [1.54, 1.807) is 12.1 Å². The lowest BCUT2D eigenvalue weighted by molar-refractivity contribution is -0.0534. The van der Waals surface area contributed by atoms with Crippen LogP contribution >= 0.6 is 11.6 Å². The van der Waals surface area contributed by atoms with Crippen molar-refractivity contribution in [3.63, 3.8) is 0 Å². The number of aliphatic hydroxyl groups is 1. The van der Waals surface area contributed by atoms with Crippen molar-refractivity contribution in [2.45, 2.75) is 24.9 Å². The van der Waals surface area contributed by atoms with Crippen molar-refractivity contribution in [3.05, 3.63) is 51.7 Å². The zero-order chi connectivity index (χ0) is 18.0. The number of halogens is 1. The minimum absolute atomic E-state index is 0.135. The summed E-state index contributed by atoms with van der Waals surface area (Å²) in [5, 5.41) is 10.6. The van der Waals surface area contributed by atoms with Crippen molar-refractivity contribution in [2.75, 3.05) is 12.3 Å². The molecule has 10 heteroatoms. The average Bonchev–Trinajstić information content (AvgIpc) is 2.94. The van der Waals surface area contributed by atoms with Crippen LogP contribution in [0.25, 0.3) is 0 Å². The van der Waals surface area contributed by atoms with E-state index in [0.717, 1.165) is 4.57 Å². The normalized spacial score (nSPS) is 22.7. The van der Waals surface area contributed by atoms with Gasteiger partial charge in [0.1, 0.15) is 25.3 Å². The highest BCUT2D eigenvalue weighted by atomic mass is 35.5. The maximum Gasteiger partial charge on any atom is 0.354 e. The van der Waals surface area contributed by atoms with Gasteiger partial charge in [-0.3, -0.25) is 4.57 Å². The fourth-order valence-corrected chi connectivity index (χ4v) is 2.54. The summed E-state index contributed by atoms with van der Waals surface area (Å²) in [7, 11) is 0. The summed E-state index contributed by atoms with van der Waals surface area (Å²) >= 11 is 5.76.